The number of hydrogen-bond donors (Lipinski definition) is 2. The van der Waals surface area contributed by atoms with Gasteiger partial charge < -0.3 is 10.6 Å². The van der Waals surface area contributed by atoms with E-state index in [1.807, 2.05) is 6.92 Å². The van der Waals surface area contributed by atoms with Crippen LogP contribution in [0.15, 0.2) is 30.6 Å². The van der Waals surface area contributed by atoms with Crippen molar-refractivity contribution >= 4 is 23.2 Å². The highest BCUT2D eigenvalue weighted by atomic mass is 16.6. The van der Waals surface area contributed by atoms with Crippen molar-refractivity contribution in [3.8, 4) is 0 Å². The van der Waals surface area contributed by atoms with Crippen LogP contribution >= 0.6 is 0 Å². The van der Waals surface area contributed by atoms with Crippen LogP contribution in [0.25, 0.3) is 0 Å². The summed E-state index contributed by atoms with van der Waals surface area (Å²) in [4.78, 5) is 30.4. The van der Waals surface area contributed by atoms with Crippen molar-refractivity contribution in [1.29, 1.82) is 0 Å². The van der Waals surface area contributed by atoms with Gasteiger partial charge in [0.15, 0.2) is 0 Å². The van der Waals surface area contributed by atoms with E-state index in [1.54, 1.807) is 25.4 Å². The van der Waals surface area contributed by atoms with Gasteiger partial charge in [-0.05, 0) is 24.6 Å². The monoisotopic (exact) mass is 287 g/mol. The second kappa shape index (κ2) is 5.95. The Morgan fingerprint density at radius 3 is 2.67 bits per heavy atom. The Balaban J connectivity index is 2.35. The minimum Gasteiger partial charge on any atom is -0.373 e. The highest BCUT2D eigenvalue weighted by Crippen LogP contribution is 2.21. The van der Waals surface area contributed by atoms with E-state index >= 15 is 0 Å². The predicted molar refractivity (Wildman–Crippen MR) is 77.4 cm³/mol. The minimum absolute atomic E-state index is 0.0809. The largest absolute Gasteiger partial charge is 0.373 e. The summed E-state index contributed by atoms with van der Waals surface area (Å²) < 4.78 is 0. The average Bonchev–Trinajstić information content (AvgIpc) is 2.46. The molecular formula is C13H13N5O3. The molecule has 0 aromatic carbocycles. The average molecular weight is 287 g/mol. The molecule has 2 heterocycles. The lowest BCUT2D eigenvalue weighted by molar-refractivity contribution is -0.385. The first-order valence-electron chi connectivity index (χ1n) is 6.07. The smallest absolute Gasteiger partial charge is 0.300 e. The third kappa shape index (κ3) is 3.30. The van der Waals surface area contributed by atoms with Crippen molar-refractivity contribution in [2.24, 2.45) is 0 Å². The lowest BCUT2D eigenvalue weighted by atomic mass is 10.2. The maximum Gasteiger partial charge on any atom is 0.300 e. The summed E-state index contributed by atoms with van der Waals surface area (Å²) in [6.07, 6.45) is 2.59. The highest BCUT2D eigenvalue weighted by Gasteiger charge is 2.21. The molecule has 8 nitrogen and oxygen atoms in total. The molecule has 108 valence electrons. The first-order valence-corrected chi connectivity index (χ1v) is 6.07. The number of nitrogens with one attached hydrogen (secondary N) is 2. The summed E-state index contributed by atoms with van der Waals surface area (Å²) in [5.41, 5.74) is 0.474. The van der Waals surface area contributed by atoms with Crippen LogP contribution in [-0.4, -0.2) is 27.8 Å². The van der Waals surface area contributed by atoms with Crippen LogP contribution < -0.4 is 10.6 Å². The SMILES string of the molecule is CNc1cc(C(=O)Nc2cc(C)ccn2)c([N+](=O)[O-])cn1. The third-order valence-corrected chi connectivity index (χ3v) is 2.74. The van der Waals surface area contributed by atoms with E-state index in [1.165, 1.54) is 6.07 Å². The first kappa shape index (κ1) is 14.4. The van der Waals surface area contributed by atoms with Crippen molar-refractivity contribution in [2.45, 2.75) is 6.92 Å². The van der Waals surface area contributed by atoms with Gasteiger partial charge in [-0.15, -0.1) is 0 Å². The van der Waals surface area contributed by atoms with E-state index in [0.717, 1.165) is 11.8 Å². The molecule has 0 atom stereocenters. The van der Waals surface area contributed by atoms with Crippen LogP contribution in [-0.2, 0) is 0 Å². The molecule has 0 bridgehead atoms. The number of aromatic nitrogens is 2. The fraction of sp³-hybridized carbons (Fsp3) is 0.154. The van der Waals surface area contributed by atoms with Gasteiger partial charge in [0.25, 0.3) is 11.6 Å². The molecule has 2 aromatic heterocycles. The van der Waals surface area contributed by atoms with Gasteiger partial charge in [0.05, 0.1) is 4.92 Å². The Morgan fingerprint density at radius 2 is 2.05 bits per heavy atom. The van der Waals surface area contributed by atoms with E-state index in [0.29, 0.717) is 11.6 Å². The zero-order valence-electron chi connectivity index (χ0n) is 11.5. The number of anilines is 2. The Labute approximate surface area is 120 Å². The molecule has 1 amide bonds. The van der Waals surface area contributed by atoms with E-state index in [9.17, 15) is 14.9 Å². The second-order valence-corrected chi connectivity index (χ2v) is 4.27. The first-order chi connectivity index (χ1) is 10.0. The van der Waals surface area contributed by atoms with Crippen molar-refractivity contribution in [3.63, 3.8) is 0 Å². The number of pyridine rings is 2. The molecule has 0 fully saturated rings. The molecule has 0 unspecified atom stereocenters. The van der Waals surface area contributed by atoms with Gasteiger partial charge in [0.1, 0.15) is 23.4 Å². The summed E-state index contributed by atoms with van der Waals surface area (Å²) in [5, 5.41) is 16.2. The minimum atomic E-state index is -0.648. The van der Waals surface area contributed by atoms with Crippen LogP contribution in [0.1, 0.15) is 15.9 Å². The molecule has 21 heavy (non-hydrogen) atoms. The topological polar surface area (TPSA) is 110 Å². The van der Waals surface area contributed by atoms with Crippen LogP contribution in [0.2, 0.25) is 0 Å². The molecule has 2 N–H and O–H groups in total. The Morgan fingerprint density at radius 1 is 1.29 bits per heavy atom. The normalized spacial score (nSPS) is 10.0. The van der Waals surface area contributed by atoms with Crippen molar-refractivity contribution in [3.05, 3.63) is 51.8 Å². The fourth-order valence-corrected chi connectivity index (χ4v) is 1.70. The van der Waals surface area contributed by atoms with Gasteiger partial charge in [-0.25, -0.2) is 9.97 Å². The quantitative estimate of drug-likeness (QED) is 0.657. The zero-order chi connectivity index (χ0) is 15.4. The molecule has 0 spiro atoms. The van der Waals surface area contributed by atoms with E-state index in [-0.39, 0.29) is 11.3 Å². The predicted octanol–water partition coefficient (Wildman–Crippen LogP) is 1.99. The molecule has 2 aromatic rings. The molecule has 2 rings (SSSR count). The molecule has 0 aliphatic heterocycles. The Bertz CT molecular complexity index is 702. The number of amides is 1. The molecule has 0 radical (unpaired) electrons. The zero-order valence-corrected chi connectivity index (χ0v) is 11.5. The maximum absolute atomic E-state index is 12.2. The summed E-state index contributed by atoms with van der Waals surface area (Å²) >= 11 is 0. The molecule has 0 saturated carbocycles. The van der Waals surface area contributed by atoms with Crippen molar-refractivity contribution in [2.75, 3.05) is 17.7 Å². The summed E-state index contributed by atoms with van der Waals surface area (Å²) in [6.45, 7) is 1.85. The standard InChI is InChI=1S/C13H13N5O3/c1-8-3-4-15-12(5-8)17-13(19)9-6-11(14-2)16-7-10(9)18(20)21/h3-7H,1-2H3,(H,14,16)(H,15,17,19). The van der Waals surface area contributed by atoms with E-state index < -0.39 is 10.8 Å². The van der Waals surface area contributed by atoms with Gasteiger partial charge >= 0.3 is 0 Å². The number of carbonyl (C=O) groups is 1. The number of aryl methyl sites for hydroxylation is 1. The van der Waals surface area contributed by atoms with Gasteiger partial charge in [-0.2, -0.15) is 0 Å². The van der Waals surface area contributed by atoms with E-state index in [4.69, 9.17) is 0 Å². The fourth-order valence-electron chi connectivity index (χ4n) is 1.70. The lowest BCUT2D eigenvalue weighted by Gasteiger charge is -2.07. The maximum atomic E-state index is 12.2. The number of carbonyl (C=O) groups excluding carboxylic acids is 1. The highest BCUT2D eigenvalue weighted by molar-refractivity contribution is 6.07. The van der Waals surface area contributed by atoms with Crippen LogP contribution in [0.4, 0.5) is 17.3 Å². The summed E-state index contributed by atoms with van der Waals surface area (Å²) in [7, 11) is 1.61. The number of nitro groups is 1. The van der Waals surface area contributed by atoms with Gasteiger partial charge in [0, 0.05) is 19.3 Å². The van der Waals surface area contributed by atoms with Crippen LogP contribution in [0.5, 0.6) is 0 Å². The van der Waals surface area contributed by atoms with Crippen molar-refractivity contribution < 1.29 is 9.72 Å². The number of nitrogens with zero attached hydrogens (tertiary/aromatic N) is 3. The lowest BCUT2D eigenvalue weighted by Crippen LogP contribution is -2.15. The molecule has 0 saturated heterocycles. The molecule has 0 aliphatic rings. The van der Waals surface area contributed by atoms with Crippen LogP contribution in [0, 0.1) is 17.0 Å². The Kier molecular flexibility index (Phi) is 4.07. The Hall–Kier alpha value is -3.03. The van der Waals surface area contributed by atoms with E-state index in [2.05, 4.69) is 20.6 Å². The van der Waals surface area contributed by atoms with Crippen molar-refractivity contribution in [1.82, 2.24) is 9.97 Å². The van der Waals surface area contributed by atoms with Gasteiger partial charge in [-0.3, -0.25) is 14.9 Å². The molecule has 0 aliphatic carbocycles. The third-order valence-electron chi connectivity index (χ3n) is 2.74. The second-order valence-electron chi connectivity index (χ2n) is 4.27. The van der Waals surface area contributed by atoms with Crippen LogP contribution in [0.3, 0.4) is 0 Å². The van der Waals surface area contributed by atoms with Gasteiger partial charge in [0.2, 0.25) is 0 Å². The summed E-state index contributed by atoms with van der Waals surface area (Å²) in [5.74, 6) is 0.0822. The number of hydrogen-bond acceptors (Lipinski definition) is 6. The van der Waals surface area contributed by atoms with Gasteiger partial charge in [-0.1, -0.05) is 0 Å². The molecule has 8 heteroatoms. The number of rotatable bonds is 4. The molecular weight excluding hydrogens is 274 g/mol. The summed E-state index contributed by atoms with van der Waals surface area (Å²) in [6, 6.07) is 4.77.